The third-order valence-electron chi connectivity index (χ3n) is 4.61. The molecule has 0 spiro atoms. The highest BCUT2D eigenvalue weighted by molar-refractivity contribution is 7.16. The molecule has 1 saturated heterocycles. The van der Waals surface area contributed by atoms with Crippen LogP contribution in [-0.2, 0) is 17.6 Å². The summed E-state index contributed by atoms with van der Waals surface area (Å²) in [7, 11) is 0. The minimum atomic E-state index is 0.0495. The molecule has 0 aromatic carbocycles. The zero-order valence-electron chi connectivity index (χ0n) is 13.0. The molecule has 1 aromatic rings. The molecule has 3 rings (SSSR count). The first-order valence-electron chi connectivity index (χ1n) is 8.35. The first-order valence-corrected chi connectivity index (χ1v) is 9.16. The number of rotatable bonds is 5. The van der Waals surface area contributed by atoms with Crippen molar-refractivity contribution >= 4 is 22.2 Å². The molecule has 1 aliphatic heterocycles. The minimum absolute atomic E-state index is 0.0495. The lowest BCUT2D eigenvalue weighted by Gasteiger charge is -2.26. The van der Waals surface area contributed by atoms with Crippen molar-refractivity contribution in [1.29, 1.82) is 5.26 Å². The molecule has 2 heterocycles. The van der Waals surface area contributed by atoms with Crippen LogP contribution in [0.15, 0.2) is 0 Å². The molecule has 0 bridgehead atoms. The third kappa shape index (κ3) is 3.50. The van der Waals surface area contributed by atoms with Gasteiger partial charge in [-0.25, -0.2) is 0 Å². The normalized spacial score (nSPS) is 18.0. The van der Waals surface area contributed by atoms with Gasteiger partial charge >= 0.3 is 0 Å². The molecule has 0 saturated carbocycles. The van der Waals surface area contributed by atoms with Gasteiger partial charge in [-0.05, 0) is 63.7 Å². The monoisotopic (exact) mass is 317 g/mol. The number of thiophene rings is 1. The van der Waals surface area contributed by atoms with Crippen molar-refractivity contribution in [2.45, 2.75) is 51.4 Å². The van der Waals surface area contributed by atoms with E-state index in [1.165, 1.54) is 42.8 Å². The lowest BCUT2D eigenvalue weighted by molar-refractivity contribution is -0.116. The number of hydrogen-bond acceptors (Lipinski definition) is 4. The van der Waals surface area contributed by atoms with Crippen molar-refractivity contribution < 1.29 is 4.79 Å². The second-order valence-corrected chi connectivity index (χ2v) is 7.33. The van der Waals surface area contributed by atoms with E-state index in [0.717, 1.165) is 37.2 Å². The Morgan fingerprint density at radius 1 is 1.23 bits per heavy atom. The maximum absolute atomic E-state index is 12.1. The largest absolute Gasteiger partial charge is 0.317 e. The molecule has 0 atom stereocenters. The zero-order chi connectivity index (χ0) is 15.4. The van der Waals surface area contributed by atoms with Crippen LogP contribution in [0.5, 0.6) is 0 Å². The maximum atomic E-state index is 12.1. The molecule has 1 aromatic heterocycles. The number of hydrogen-bond donors (Lipinski definition) is 1. The number of carbonyl (C=O) groups is 1. The number of amides is 1. The number of aryl methyl sites for hydroxylation is 1. The first-order chi connectivity index (χ1) is 10.8. The van der Waals surface area contributed by atoms with Gasteiger partial charge < -0.3 is 10.2 Å². The Balaban J connectivity index is 1.49. The fourth-order valence-corrected chi connectivity index (χ4v) is 4.70. The fraction of sp³-hybridized carbons (Fsp3) is 0.647. The number of piperidine rings is 1. The topological polar surface area (TPSA) is 56.1 Å². The number of nitrogens with zero attached hydrogens (tertiary/aromatic N) is 2. The average molecular weight is 317 g/mol. The Hall–Kier alpha value is -1.38. The second kappa shape index (κ2) is 7.26. The summed E-state index contributed by atoms with van der Waals surface area (Å²) in [5.74, 6) is 0.0495. The standard InChI is InChI=1S/C17H23N3OS/c18-12-14-13-6-4-7-15(13)22-17(14)19-16(21)8-5-11-20-9-2-1-3-10-20/h1-11H2,(H,19,21). The van der Waals surface area contributed by atoms with Crippen LogP contribution in [0.25, 0.3) is 0 Å². The van der Waals surface area contributed by atoms with Gasteiger partial charge in [0, 0.05) is 11.3 Å². The summed E-state index contributed by atoms with van der Waals surface area (Å²) in [5, 5.41) is 13.1. The Morgan fingerprint density at radius 2 is 2.05 bits per heavy atom. The molecule has 0 radical (unpaired) electrons. The summed E-state index contributed by atoms with van der Waals surface area (Å²) in [4.78, 5) is 15.9. The molecule has 22 heavy (non-hydrogen) atoms. The predicted octanol–water partition coefficient (Wildman–Crippen LogP) is 3.31. The number of nitriles is 1. The third-order valence-corrected chi connectivity index (χ3v) is 5.82. The van der Waals surface area contributed by atoms with Crippen molar-refractivity contribution in [2.24, 2.45) is 0 Å². The molecular weight excluding hydrogens is 294 g/mol. The molecule has 5 heteroatoms. The molecule has 1 aliphatic carbocycles. The van der Waals surface area contributed by atoms with Gasteiger partial charge in [0.1, 0.15) is 11.1 Å². The summed E-state index contributed by atoms with van der Waals surface area (Å²) >= 11 is 1.60. The zero-order valence-corrected chi connectivity index (χ0v) is 13.8. The number of anilines is 1. The van der Waals surface area contributed by atoms with Crippen molar-refractivity contribution in [2.75, 3.05) is 25.0 Å². The molecule has 1 N–H and O–H groups in total. The smallest absolute Gasteiger partial charge is 0.225 e. The van der Waals surface area contributed by atoms with Crippen LogP contribution in [-0.4, -0.2) is 30.4 Å². The number of likely N-dealkylation sites (tertiary alicyclic amines) is 1. The predicted molar refractivity (Wildman–Crippen MR) is 89.2 cm³/mol. The van der Waals surface area contributed by atoms with E-state index in [9.17, 15) is 10.1 Å². The van der Waals surface area contributed by atoms with E-state index < -0.39 is 0 Å². The highest BCUT2D eigenvalue weighted by atomic mass is 32.1. The number of fused-ring (bicyclic) bond motifs is 1. The maximum Gasteiger partial charge on any atom is 0.225 e. The SMILES string of the molecule is N#Cc1c(NC(=O)CCCN2CCCCC2)sc2c1CCC2. The molecule has 118 valence electrons. The van der Waals surface area contributed by atoms with Gasteiger partial charge in [-0.1, -0.05) is 6.42 Å². The molecule has 0 unspecified atom stereocenters. The number of nitrogens with one attached hydrogen (secondary N) is 1. The Morgan fingerprint density at radius 3 is 2.82 bits per heavy atom. The van der Waals surface area contributed by atoms with E-state index in [1.54, 1.807) is 11.3 Å². The van der Waals surface area contributed by atoms with Gasteiger partial charge in [-0.2, -0.15) is 5.26 Å². The summed E-state index contributed by atoms with van der Waals surface area (Å²) in [6.07, 6.45) is 8.55. The highest BCUT2D eigenvalue weighted by Crippen LogP contribution is 2.38. The first kappa shape index (κ1) is 15.5. The quantitative estimate of drug-likeness (QED) is 0.906. The second-order valence-electron chi connectivity index (χ2n) is 6.23. The van der Waals surface area contributed by atoms with Crippen LogP contribution >= 0.6 is 11.3 Å². The number of carbonyl (C=O) groups excluding carboxylic acids is 1. The van der Waals surface area contributed by atoms with Crippen molar-refractivity contribution in [1.82, 2.24) is 4.90 Å². The minimum Gasteiger partial charge on any atom is -0.317 e. The fourth-order valence-electron chi connectivity index (χ4n) is 3.45. The Bertz CT molecular complexity index is 581. The summed E-state index contributed by atoms with van der Waals surface area (Å²) in [6, 6.07) is 2.28. The lowest BCUT2D eigenvalue weighted by Crippen LogP contribution is -2.31. The summed E-state index contributed by atoms with van der Waals surface area (Å²) in [6.45, 7) is 3.37. The average Bonchev–Trinajstić information content (AvgIpc) is 3.08. The molecule has 1 fully saturated rings. The van der Waals surface area contributed by atoms with Gasteiger partial charge in [-0.3, -0.25) is 4.79 Å². The molecule has 2 aliphatic rings. The molecule has 1 amide bonds. The summed E-state index contributed by atoms with van der Waals surface area (Å²) in [5.41, 5.74) is 1.89. The van der Waals surface area contributed by atoms with Crippen molar-refractivity contribution in [3.05, 3.63) is 16.0 Å². The van der Waals surface area contributed by atoms with Gasteiger partial charge in [0.15, 0.2) is 0 Å². The van der Waals surface area contributed by atoms with Crippen molar-refractivity contribution in [3.63, 3.8) is 0 Å². The Labute approximate surface area is 136 Å². The van der Waals surface area contributed by atoms with Crippen molar-refractivity contribution in [3.8, 4) is 6.07 Å². The van der Waals surface area contributed by atoms with Crippen LogP contribution in [0.3, 0.4) is 0 Å². The van der Waals surface area contributed by atoms with E-state index in [2.05, 4.69) is 16.3 Å². The van der Waals surface area contributed by atoms with Crippen LogP contribution < -0.4 is 5.32 Å². The molecular formula is C17H23N3OS. The van der Waals surface area contributed by atoms with Gasteiger partial charge in [0.2, 0.25) is 5.91 Å². The summed E-state index contributed by atoms with van der Waals surface area (Å²) < 4.78 is 0. The molecule has 4 nitrogen and oxygen atoms in total. The van der Waals surface area contributed by atoms with Crippen LogP contribution in [0.4, 0.5) is 5.00 Å². The highest BCUT2D eigenvalue weighted by Gasteiger charge is 2.23. The van der Waals surface area contributed by atoms with Gasteiger partial charge in [-0.15, -0.1) is 11.3 Å². The van der Waals surface area contributed by atoms with Crippen LogP contribution in [0.1, 0.15) is 54.5 Å². The lowest BCUT2D eigenvalue weighted by atomic mass is 10.1. The van der Waals surface area contributed by atoms with E-state index in [1.807, 2.05) is 0 Å². The Kier molecular flexibility index (Phi) is 5.12. The van der Waals surface area contributed by atoms with Gasteiger partial charge in [0.25, 0.3) is 0 Å². The van der Waals surface area contributed by atoms with E-state index >= 15 is 0 Å². The van der Waals surface area contributed by atoms with Gasteiger partial charge in [0.05, 0.1) is 5.56 Å². The van der Waals surface area contributed by atoms with E-state index in [-0.39, 0.29) is 5.91 Å². The van der Waals surface area contributed by atoms with Crippen LogP contribution in [0.2, 0.25) is 0 Å². The van der Waals surface area contributed by atoms with E-state index in [0.29, 0.717) is 12.0 Å². The van der Waals surface area contributed by atoms with E-state index in [4.69, 9.17) is 0 Å². The van der Waals surface area contributed by atoms with Crippen LogP contribution in [0, 0.1) is 11.3 Å².